The average Bonchev–Trinajstić information content (AvgIpc) is 2.11. The molecule has 0 aliphatic heterocycles. The number of rotatable bonds is 10. The van der Waals surface area contributed by atoms with Crippen molar-refractivity contribution in [2.24, 2.45) is 0 Å². The van der Waals surface area contributed by atoms with Crippen molar-refractivity contribution in [2.45, 2.75) is 12.8 Å². The van der Waals surface area contributed by atoms with E-state index in [4.69, 9.17) is 0 Å². The zero-order valence-electron chi connectivity index (χ0n) is 10.7. The summed E-state index contributed by atoms with van der Waals surface area (Å²) in [5, 5.41) is 0. The third-order valence-electron chi connectivity index (χ3n) is 1.34. The van der Waals surface area contributed by atoms with Crippen LogP contribution in [0.25, 0.3) is 0 Å². The van der Waals surface area contributed by atoms with Gasteiger partial charge in [-0.05, 0) is 22.7 Å². The first-order valence-electron chi connectivity index (χ1n) is 4.49. The van der Waals surface area contributed by atoms with E-state index in [1.165, 1.54) is 31.4 Å². The third kappa shape index (κ3) is 26.1. The van der Waals surface area contributed by atoms with Gasteiger partial charge in [-0.15, -0.1) is 0 Å². The Morgan fingerprint density at radius 1 is 0.737 bits per heavy atom. The molecule has 0 radical (unpaired) electrons. The molecule has 0 atom stereocenters. The van der Waals surface area contributed by atoms with Crippen molar-refractivity contribution in [2.75, 3.05) is 23.0 Å². The maximum atomic E-state index is 10.2. The second-order valence-corrected chi connectivity index (χ2v) is 10.5. The van der Waals surface area contributed by atoms with Gasteiger partial charge in [0.25, 0.3) is 0 Å². The van der Waals surface area contributed by atoms with E-state index in [-0.39, 0.29) is 70.6 Å². The summed E-state index contributed by atoms with van der Waals surface area (Å²) in [5.41, 5.74) is 0. The Hall–Kier alpha value is 2.87. The van der Waals surface area contributed by atoms with Gasteiger partial charge in [0.1, 0.15) is 0 Å². The minimum absolute atomic E-state index is 0. The molecule has 0 fully saturated rings. The van der Waals surface area contributed by atoms with Crippen molar-refractivity contribution in [3.63, 3.8) is 0 Å². The summed E-state index contributed by atoms with van der Waals surface area (Å²) in [5.74, 6) is 0.358. The molecule has 13 heteroatoms. The normalized spacial score (nSPS) is 11.5. The molecule has 6 nitrogen and oxygen atoms in total. The van der Waals surface area contributed by atoms with Gasteiger partial charge in [-0.1, -0.05) is 21.6 Å². The fourth-order valence-corrected chi connectivity index (χ4v) is 5.94. The van der Waals surface area contributed by atoms with Crippen LogP contribution >= 0.6 is 31.4 Å². The standard InChI is InChI=1S/C6H14O6S5.2Na/c7-16(8,9)5-1-3-13-15-14-4-2-6-17(10,11)12;;/h1-6H2,(H,7,8,9)(H,10,11,12);;/q;2*+1/p-2. The minimum atomic E-state index is -4.12. The minimum Gasteiger partial charge on any atom is -0.748 e. The van der Waals surface area contributed by atoms with Gasteiger partial charge in [0.2, 0.25) is 0 Å². The van der Waals surface area contributed by atoms with Gasteiger partial charge in [-0.25, -0.2) is 16.8 Å². The van der Waals surface area contributed by atoms with Crippen molar-refractivity contribution >= 4 is 51.6 Å². The fraction of sp³-hybridized carbons (Fsp3) is 1.00. The van der Waals surface area contributed by atoms with Crippen LogP contribution in [-0.2, 0) is 20.2 Å². The Morgan fingerprint density at radius 3 is 1.32 bits per heavy atom. The van der Waals surface area contributed by atoms with Gasteiger partial charge < -0.3 is 9.11 Å². The van der Waals surface area contributed by atoms with Crippen molar-refractivity contribution in [3.05, 3.63) is 0 Å². The topological polar surface area (TPSA) is 114 Å². The Balaban J connectivity index is -0.00000128. The summed E-state index contributed by atoms with van der Waals surface area (Å²) in [6, 6.07) is 0. The Labute approximate surface area is 170 Å². The number of hydrogen-bond donors (Lipinski definition) is 0. The molecule has 19 heavy (non-hydrogen) atoms. The van der Waals surface area contributed by atoms with E-state index < -0.39 is 20.2 Å². The molecule has 0 bridgehead atoms. The van der Waals surface area contributed by atoms with E-state index in [0.29, 0.717) is 24.3 Å². The summed E-state index contributed by atoms with van der Waals surface area (Å²) in [7, 11) is -4.05. The van der Waals surface area contributed by atoms with Crippen LogP contribution in [0.1, 0.15) is 12.8 Å². The molecule has 0 aliphatic rings. The second kappa shape index (κ2) is 14.5. The SMILES string of the molecule is O=S(=O)([O-])CCCSSSCCCS(=O)(=O)[O-].[Na+].[Na+]. The van der Waals surface area contributed by atoms with E-state index in [1.54, 1.807) is 0 Å². The van der Waals surface area contributed by atoms with Crippen LogP contribution in [0.2, 0.25) is 0 Å². The van der Waals surface area contributed by atoms with Crippen LogP contribution in [0.4, 0.5) is 0 Å². The molecule has 0 heterocycles. The molecule has 104 valence electrons. The van der Waals surface area contributed by atoms with E-state index in [2.05, 4.69) is 0 Å². The molecule has 0 aliphatic carbocycles. The maximum absolute atomic E-state index is 10.2. The first kappa shape index (κ1) is 26.8. The zero-order valence-corrected chi connectivity index (χ0v) is 18.8. The van der Waals surface area contributed by atoms with Crippen molar-refractivity contribution in [1.82, 2.24) is 0 Å². The van der Waals surface area contributed by atoms with Crippen LogP contribution in [0, 0.1) is 0 Å². The molecule has 0 aromatic carbocycles. The molecule has 0 amide bonds. The second-order valence-electron chi connectivity index (χ2n) is 2.94. The van der Waals surface area contributed by atoms with E-state index in [1.807, 2.05) is 0 Å². The molecular formula is C6H12Na2O6S5. The largest absolute Gasteiger partial charge is 1.00 e. The number of hydrogen-bond acceptors (Lipinski definition) is 9. The van der Waals surface area contributed by atoms with Crippen molar-refractivity contribution in [1.29, 1.82) is 0 Å². The first-order valence-corrected chi connectivity index (χ1v) is 11.5. The van der Waals surface area contributed by atoms with Crippen LogP contribution in [0.15, 0.2) is 0 Å². The third-order valence-corrected chi connectivity index (χ3v) is 7.33. The monoisotopic (exact) mass is 386 g/mol. The van der Waals surface area contributed by atoms with Gasteiger partial charge in [0, 0.05) is 23.0 Å². The molecular weight excluding hydrogens is 374 g/mol. The average molecular weight is 386 g/mol. The van der Waals surface area contributed by atoms with E-state index in [9.17, 15) is 25.9 Å². The summed E-state index contributed by atoms with van der Waals surface area (Å²) in [6.45, 7) is 0. The van der Waals surface area contributed by atoms with Gasteiger partial charge in [-0.2, -0.15) is 0 Å². The van der Waals surface area contributed by atoms with Crippen LogP contribution in [0.3, 0.4) is 0 Å². The molecule has 0 aromatic rings. The van der Waals surface area contributed by atoms with Gasteiger partial charge in [-0.3, -0.25) is 0 Å². The predicted molar refractivity (Wildman–Crippen MR) is 70.9 cm³/mol. The maximum Gasteiger partial charge on any atom is 1.00 e. The van der Waals surface area contributed by atoms with Crippen LogP contribution in [0.5, 0.6) is 0 Å². The van der Waals surface area contributed by atoms with Gasteiger partial charge in [0.15, 0.2) is 0 Å². The van der Waals surface area contributed by atoms with E-state index in [0.717, 1.165) is 0 Å². The Kier molecular flexibility index (Phi) is 20.4. The quantitative estimate of drug-likeness (QED) is 0.157. The van der Waals surface area contributed by atoms with Gasteiger partial charge >= 0.3 is 59.1 Å². The molecule has 0 spiro atoms. The molecule has 0 N–H and O–H groups in total. The zero-order chi connectivity index (χ0) is 13.4. The Bertz CT molecular complexity index is 358. The molecule has 0 unspecified atom stereocenters. The fourth-order valence-electron chi connectivity index (χ4n) is 0.691. The summed E-state index contributed by atoms with van der Waals surface area (Å²) < 4.78 is 61.4. The van der Waals surface area contributed by atoms with Crippen molar-refractivity contribution in [3.8, 4) is 0 Å². The van der Waals surface area contributed by atoms with Crippen LogP contribution in [-0.4, -0.2) is 49.0 Å². The first-order chi connectivity index (χ1) is 7.71. The predicted octanol–water partition coefficient (Wildman–Crippen LogP) is -5.11. The van der Waals surface area contributed by atoms with Gasteiger partial charge in [0.05, 0.1) is 20.2 Å². The van der Waals surface area contributed by atoms with Crippen molar-refractivity contribution < 1.29 is 85.1 Å². The molecule has 0 rings (SSSR count). The van der Waals surface area contributed by atoms with Crippen LogP contribution < -0.4 is 59.1 Å². The summed E-state index contributed by atoms with van der Waals surface area (Å²) in [4.78, 5) is 0. The smallest absolute Gasteiger partial charge is 0.748 e. The molecule has 0 saturated heterocycles. The molecule has 0 aromatic heterocycles. The summed E-state index contributed by atoms with van der Waals surface area (Å²) >= 11 is 0. The summed E-state index contributed by atoms with van der Waals surface area (Å²) in [6.07, 6.45) is 0.609. The molecule has 0 saturated carbocycles. The Morgan fingerprint density at radius 2 is 1.05 bits per heavy atom. The van der Waals surface area contributed by atoms with E-state index >= 15 is 0 Å².